The van der Waals surface area contributed by atoms with Crippen LogP contribution in [0.15, 0.2) is 30.3 Å². The summed E-state index contributed by atoms with van der Waals surface area (Å²) in [6.07, 6.45) is 0. The van der Waals surface area contributed by atoms with Gasteiger partial charge >= 0.3 is 0 Å². The number of ketones is 1. The fraction of sp³-hybridized carbons (Fsp3) is 0.222. The van der Waals surface area contributed by atoms with Gasteiger partial charge in [-0.15, -0.1) is 0 Å². The molecule has 0 aromatic heterocycles. The zero-order valence-corrected chi connectivity index (χ0v) is 13.3. The molecular formula is C18H20N2O2. The Morgan fingerprint density at radius 1 is 0.909 bits per heavy atom. The van der Waals surface area contributed by atoms with Gasteiger partial charge in [-0.05, 0) is 56.0 Å². The third-order valence-corrected chi connectivity index (χ3v) is 4.14. The third-order valence-electron chi connectivity index (χ3n) is 4.14. The van der Waals surface area contributed by atoms with Crippen LogP contribution in [0.5, 0.6) is 0 Å². The molecule has 2 rings (SSSR count). The van der Waals surface area contributed by atoms with Crippen LogP contribution in [0.1, 0.15) is 48.5 Å². The second-order valence-electron chi connectivity index (χ2n) is 5.48. The summed E-state index contributed by atoms with van der Waals surface area (Å²) < 4.78 is 0. The minimum absolute atomic E-state index is 0.152. The molecule has 114 valence electrons. The highest BCUT2D eigenvalue weighted by Crippen LogP contribution is 2.25. The van der Waals surface area contributed by atoms with E-state index in [-0.39, 0.29) is 11.3 Å². The summed E-state index contributed by atoms with van der Waals surface area (Å²) in [6, 6.07) is 8.78. The molecule has 2 aromatic rings. The van der Waals surface area contributed by atoms with E-state index in [0.717, 1.165) is 22.3 Å². The van der Waals surface area contributed by atoms with Gasteiger partial charge in [0.2, 0.25) is 0 Å². The summed E-state index contributed by atoms with van der Waals surface area (Å²) in [5, 5.41) is 0. The van der Waals surface area contributed by atoms with Crippen LogP contribution in [-0.2, 0) is 0 Å². The number of nitrogens with one attached hydrogen (secondary N) is 1. The Labute approximate surface area is 130 Å². The third kappa shape index (κ3) is 2.65. The number of rotatable bonds is 3. The van der Waals surface area contributed by atoms with E-state index in [2.05, 4.69) is 11.5 Å². The summed E-state index contributed by atoms with van der Waals surface area (Å²) >= 11 is 0. The lowest BCUT2D eigenvalue weighted by Gasteiger charge is -2.15. The van der Waals surface area contributed by atoms with Crippen LogP contribution in [0.25, 0.3) is 0 Å². The minimum Gasteiger partial charge on any atom is -0.290 e. The molecular weight excluding hydrogens is 276 g/mol. The maximum absolute atomic E-state index is 13.0. The van der Waals surface area contributed by atoms with E-state index in [9.17, 15) is 9.59 Å². The van der Waals surface area contributed by atoms with Crippen molar-refractivity contribution in [3.8, 4) is 0 Å². The van der Waals surface area contributed by atoms with Crippen molar-refractivity contribution in [2.45, 2.75) is 27.7 Å². The molecule has 0 saturated carbocycles. The molecule has 0 heterocycles. The van der Waals surface area contributed by atoms with Gasteiger partial charge in [0.05, 0.1) is 5.56 Å². The molecule has 0 radical (unpaired) electrons. The van der Waals surface area contributed by atoms with E-state index in [4.69, 9.17) is 5.84 Å². The monoisotopic (exact) mass is 296 g/mol. The molecule has 0 aliphatic carbocycles. The zero-order valence-electron chi connectivity index (χ0n) is 13.3. The quantitative estimate of drug-likeness (QED) is 0.396. The summed E-state index contributed by atoms with van der Waals surface area (Å²) in [6.45, 7) is 7.83. The summed E-state index contributed by atoms with van der Waals surface area (Å²) in [4.78, 5) is 24.9. The molecule has 0 spiro atoms. The molecule has 4 nitrogen and oxygen atoms in total. The van der Waals surface area contributed by atoms with Gasteiger partial charge in [-0.1, -0.05) is 24.3 Å². The van der Waals surface area contributed by atoms with Crippen molar-refractivity contribution in [1.82, 2.24) is 5.43 Å². The number of amides is 1. The van der Waals surface area contributed by atoms with Gasteiger partial charge in [-0.3, -0.25) is 15.0 Å². The molecule has 4 heteroatoms. The Kier molecular flexibility index (Phi) is 4.43. The number of aryl methyl sites for hydroxylation is 2. The lowest BCUT2D eigenvalue weighted by atomic mass is 9.88. The predicted octanol–water partition coefficient (Wildman–Crippen LogP) is 2.75. The molecule has 0 aliphatic rings. The Hall–Kier alpha value is -2.46. The topological polar surface area (TPSA) is 72.2 Å². The van der Waals surface area contributed by atoms with E-state index in [1.807, 2.05) is 27.7 Å². The van der Waals surface area contributed by atoms with Crippen LogP contribution >= 0.6 is 0 Å². The van der Waals surface area contributed by atoms with Crippen molar-refractivity contribution in [2.75, 3.05) is 0 Å². The number of benzene rings is 2. The van der Waals surface area contributed by atoms with E-state index < -0.39 is 5.91 Å². The number of nitrogen functional groups attached to an aromatic ring is 1. The SMILES string of the molecule is Cc1cc(C)c(C)c(C(=O)c2ccccc2C(=O)NN)c1C. The Bertz CT molecular complexity index is 738. The van der Waals surface area contributed by atoms with Crippen LogP contribution < -0.4 is 11.3 Å². The average molecular weight is 296 g/mol. The first-order valence-electron chi connectivity index (χ1n) is 7.10. The summed E-state index contributed by atoms with van der Waals surface area (Å²) in [5.41, 5.74) is 7.40. The fourth-order valence-corrected chi connectivity index (χ4v) is 2.65. The van der Waals surface area contributed by atoms with Crippen molar-refractivity contribution in [3.63, 3.8) is 0 Å². The first-order chi connectivity index (χ1) is 10.4. The molecule has 0 saturated heterocycles. The molecule has 3 N–H and O–H groups in total. The number of hydrazine groups is 1. The van der Waals surface area contributed by atoms with Crippen molar-refractivity contribution >= 4 is 11.7 Å². The summed E-state index contributed by atoms with van der Waals surface area (Å²) in [5.74, 6) is 4.59. The number of nitrogens with two attached hydrogens (primary N) is 1. The van der Waals surface area contributed by atoms with Crippen molar-refractivity contribution in [1.29, 1.82) is 0 Å². The second-order valence-corrected chi connectivity index (χ2v) is 5.48. The molecule has 0 aliphatic heterocycles. The Morgan fingerprint density at radius 2 is 1.41 bits per heavy atom. The van der Waals surface area contributed by atoms with Crippen LogP contribution in [0.3, 0.4) is 0 Å². The Balaban J connectivity index is 2.67. The standard InChI is InChI=1S/C18H20N2O2/c1-10-9-11(2)13(4)16(12(10)3)17(21)14-7-5-6-8-15(14)18(22)20-19/h5-9H,19H2,1-4H3,(H,20,22). The summed E-state index contributed by atoms with van der Waals surface area (Å²) in [7, 11) is 0. The number of carbonyl (C=O) groups excluding carboxylic acids is 2. The van der Waals surface area contributed by atoms with Gasteiger partial charge in [0.15, 0.2) is 5.78 Å². The number of hydrogen-bond acceptors (Lipinski definition) is 3. The van der Waals surface area contributed by atoms with E-state index in [0.29, 0.717) is 11.1 Å². The van der Waals surface area contributed by atoms with E-state index in [1.165, 1.54) is 0 Å². The molecule has 0 bridgehead atoms. The van der Waals surface area contributed by atoms with Gasteiger partial charge in [0.1, 0.15) is 0 Å². The molecule has 1 amide bonds. The van der Waals surface area contributed by atoms with Crippen LogP contribution in [-0.4, -0.2) is 11.7 Å². The smallest absolute Gasteiger partial charge is 0.265 e. The van der Waals surface area contributed by atoms with Gasteiger partial charge in [-0.25, -0.2) is 5.84 Å². The van der Waals surface area contributed by atoms with Crippen molar-refractivity contribution in [3.05, 3.63) is 69.3 Å². The van der Waals surface area contributed by atoms with Gasteiger partial charge in [0.25, 0.3) is 5.91 Å². The lowest BCUT2D eigenvalue weighted by Crippen LogP contribution is -2.31. The van der Waals surface area contributed by atoms with Crippen LogP contribution in [0.2, 0.25) is 0 Å². The van der Waals surface area contributed by atoms with Gasteiger partial charge < -0.3 is 0 Å². The van der Waals surface area contributed by atoms with Crippen LogP contribution in [0.4, 0.5) is 0 Å². The molecule has 0 unspecified atom stereocenters. The van der Waals surface area contributed by atoms with Gasteiger partial charge in [-0.2, -0.15) is 0 Å². The minimum atomic E-state index is -0.469. The first kappa shape index (κ1) is 15.9. The van der Waals surface area contributed by atoms with Crippen molar-refractivity contribution in [2.24, 2.45) is 5.84 Å². The molecule has 0 fully saturated rings. The average Bonchev–Trinajstić information content (AvgIpc) is 2.52. The van der Waals surface area contributed by atoms with Gasteiger partial charge in [0, 0.05) is 11.1 Å². The normalized spacial score (nSPS) is 10.4. The zero-order chi connectivity index (χ0) is 16.4. The van der Waals surface area contributed by atoms with E-state index in [1.54, 1.807) is 24.3 Å². The maximum Gasteiger partial charge on any atom is 0.265 e. The lowest BCUT2D eigenvalue weighted by molar-refractivity contribution is 0.0942. The number of hydrogen-bond donors (Lipinski definition) is 2. The first-order valence-corrected chi connectivity index (χ1v) is 7.10. The Morgan fingerprint density at radius 3 is 1.91 bits per heavy atom. The van der Waals surface area contributed by atoms with Crippen molar-refractivity contribution < 1.29 is 9.59 Å². The maximum atomic E-state index is 13.0. The molecule has 2 aromatic carbocycles. The highest BCUT2D eigenvalue weighted by atomic mass is 16.2. The fourth-order valence-electron chi connectivity index (χ4n) is 2.65. The number of carbonyl (C=O) groups is 2. The highest BCUT2D eigenvalue weighted by Gasteiger charge is 2.21. The highest BCUT2D eigenvalue weighted by molar-refractivity contribution is 6.16. The predicted molar refractivity (Wildman–Crippen MR) is 86.9 cm³/mol. The second kappa shape index (κ2) is 6.12. The largest absolute Gasteiger partial charge is 0.290 e. The molecule has 0 atom stereocenters. The van der Waals surface area contributed by atoms with Crippen LogP contribution in [0, 0.1) is 27.7 Å². The van der Waals surface area contributed by atoms with E-state index >= 15 is 0 Å². The molecule has 22 heavy (non-hydrogen) atoms.